The van der Waals surface area contributed by atoms with E-state index >= 15 is 0 Å². The molecule has 1 atom stereocenters. The number of hydrogen-bond donors (Lipinski definition) is 1. The molecule has 1 fully saturated rings. The Morgan fingerprint density at radius 1 is 1.12 bits per heavy atom. The third-order valence-corrected chi connectivity index (χ3v) is 5.12. The SMILES string of the molecule is CCC(=O)N(CCc1ccccc1)[C@@H](CC)C(=O)NC1CCCCC1. The molecule has 2 rings (SSSR count). The molecule has 0 aliphatic heterocycles. The van der Waals surface area contributed by atoms with Crippen molar-refractivity contribution in [1.82, 2.24) is 10.2 Å². The first-order chi connectivity index (χ1) is 12.2. The third-order valence-electron chi connectivity index (χ3n) is 5.12. The van der Waals surface area contributed by atoms with Gasteiger partial charge in [-0.2, -0.15) is 0 Å². The van der Waals surface area contributed by atoms with E-state index < -0.39 is 0 Å². The molecule has 1 aliphatic carbocycles. The van der Waals surface area contributed by atoms with Crippen LogP contribution >= 0.6 is 0 Å². The zero-order valence-electron chi connectivity index (χ0n) is 15.7. The monoisotopic (exact) mass is 344 g/mol. The third kappa shape index (κ3) is 5.87. The predicted molar refractivity (Wildman–Crippen MR) is 101 cm³/mol. The van der Waals surface area contributed by atoms with Gasteiger partial charge in [0.25, 0.3) is 0 Å². The van der Waals surface area contributed by atoms with Gasteiger partial charge in [0, 0.05) is 19.0 Å². The van der Waals surface area contributed by atoms with Crippen molar-refractivity contribution in [2.24, 2.45) is 0 Å². The van der Waals surface area contributed by atoms with Crippen LogP contribution in [-0.2, 0) is 16.0 Å². The first kappa shape index (κ1) is 19.5. The first-order valence-corrected chi connectivity index (χ1v) is 9.79. The van der Waals surface area contributed by atoms with Gasteiger partial charge >= 0.3 is 0 Å². The number of nitrogens with one attached hydrogen (secondary N) is 1. The van der Waals surface area contributed by atoms with Crippen LogP contribution in [0, 0.1) is 0 Å². The van der Waals surface area contributed by atoms with Gasteiger partial charge in [0.2, 0.25) is 11.8 Å². The van der Waals surface area contributed by atoms with Crippen LogP contribution in [0.25, 0.3) is 0 Å². The zero-order chi connectivity index (χ0) is 18.1. The summed E-state index contributed by atoms with van der Waals surface area (Å²) in [4.78, 5) is 27.1. The molecular weight excluding hydrogens is 312 g/mol. The Hall–Kier alpha value is -1.84. The van der Waals surface area contributed by atoms with E-state index in [0.717, 1.165) is 19.3 Å². The molecule has 138 valence electrons. The van der Waals surface area contributed by atoms with Crippen LogP contribution < -0.4 is 5.32 Å². The molecule has 4 heteroatoms. The fraction of sp³-hybridized carbons (Fsp3) is 0.619. The summed E-state index contributed by atoms with van der Waals surface area (Å²) in [5, 5.41) is 3.19. The van der Waals surface area contributed by atoms with E-state index in [1.807, 2.05) is 32.0 Å². The standard InChI is InChI=1S/C21H32N2O2/c1-3-19(21(25)22-18-13-9-6-10-14-18)23(20(24)4-2)16-15-17-11-7-5-8-12-17/h5,7-8,11-12,18-19H,3-4,6,9-10,13-16H2,1-2H3,(H,22,25)/t19-/m0/s1. The second-order valence-corrected chi connectivity index (χ2v) is 6.94. The van der Waals surface area contributed by atoms with Crippen LogP contribution in [0.5, 0.6) is 0 Å². The number of benzene rings is 1. The van der Waals surface area contributed by atoms with Crippen LogP contribution in [0.2, 0.25) is 0 Å². The Balaban J connectivity index is 2.01. The molecule has 0 aromatic heterocycles. The van der Waals surface area contributed by atoms with Gasteiger partial charge in [0.1, 0.15) is 6.04 Å². The maximum absolute atomic E-state index is 12.8. The number of nitrogens with zero attached hydrogens (tertiary/aromatic N) is 1. The molecule has 4 nitrogen and oxygen atoms in total. The molecule has 0 saturated heterocycles. The first-order valence-electron chi connectivity index (χ1n) is 9.79. The minimum Gasteiger partial charge on any atom is -0.352 e. The quantitative estimate of drug-likeness (QED) is 0.782. The van der Waals surface area contributed by atoms with Gasteiger partial charge in [-0.3, -0.25) is 9.59 Å². The van der Waals surface area contributed by atoms with E-state index in [1.165, 1.54) is 24.8 Å². The molecule has 2 amide bonds. The second-order valence-electron chi connectivity index (χ2n) is 6.94. The lowest BCUT2D eigenvalue weighted by Crippen LogP contribution is -2.52. The highest BCUT2D eigenvalue weighted by atomic mass is 16.2. The number of hydrogen-bond acceptors (Lipinski definition) is 2. The van der Waals surface area contributed by atoms with Crippen molar-refractivity contribution in [2.45, 2.75) is 77.3 Å². The lowest BCUT2D eigenvalue weighted by Gasteiger charge is -2.32. The Bertz CT molecular complexity index is 538. The van der Waals surface area contributed by atoms with E-state index in [1.54, 1.807) is 4.90 Å². The number of amides is 2. The molecule has 1 saturated carbocycles. The van der Waals surface area contributed by atoms with Crippen molar-refractivity contribution in [3.8, 4) is 0 Å². The Labute approximate surface area is 152 Å². The van der Waals surface area contributed by atoms with Crippen LogP contribution in [0.4, 0.5) is 0 Å². The molecular formula is C21H32N2O2. The van der Waals surface area contributed by atoms with E-state index in [2.05, 4.69) is 17.4 Å². The van der Waals surface area contributed by atoms with Crippen LogP contribution in [0.15, 0.2) is 30.3 Å². The minimum atomic E-state index is -0.363. The van der Waals surface area contributed by atoms with Gasteiger partial charge in [-0.15, -0.1) is 0 Å². The van der Waals surface area contributed by atoms with E-state index in [4.69, 9.17) is 0 Å². The summed E-state index contributed by atoms with van der Waals surface area (Å²) >= 11 is 0. The summed E-state index contributed by atoms with van der Waals surface area (Å²) in [5.41, 5.74) is 1.19. The maximum atomic E-state index is 12.8. The number of carbonyl (C=O) groups is 2. The summed E-state index contributed by atoms with van der Waals surface area (Å²) in [5.74, 6) is 0.0748. The lowest BCUT2D eigenvalue weighted by molar-refractivity contribution is -0.140. The summed E-state index contributed by atoms with van der Waals surface area (Å²) in [6.45, 7) is 4.44. The summed E-state index contributed by atoms with van der Waals surface area (Å²) in [7, 11) is 0. The largest absolute Gasteiger partial charge is 0.352 e. The molecule has 1 aromatic carbocycles. The number of rotatable bonds is 8. The summed E-state index contributed by atoms with van der Waals surface area (Å²) in [6, 6.07) is 10.1. The van der Waals surface area contributed by atoms with E-state index in [0.29, 0.717) is 19.4 Å². The van der Waals surface area contributed by atoms with Crippen molar-refractivity contribution < 1.29 is 9.59 Å². The topological polar surface area (TPSA) is 49.4 Å². The highest BCUT2D eigenvalue weighted by Gasteiger charge is 2.29. The molecule has 0 unspecified atom stereocenters. The molecule has 0 heterocycles. The summed E-state index contributed by atoms with van der Waals surface area (Å²) in [6.07, 6.45) is 7.63. The van der Waals surface area contributed by atoms with Crippen LogP contribution in [0.1, 0.15) is 64.4 Å². The Morgan fingerprint density at radius 2 is 1.80 bits per heavy atom. The van der Waals surface area contributed by atoms with Gasteiger partial charge in [-0.1, -0.05) is 63.4 Å². The normalized spacial score (nSPS) is 16.2. The van der Waals surface area contributed by atoms with Crippen molar-refractivity contribution >= 4 is 11.8 Å². The van der Waals surface area contributed by atoms with Crippen molar-refractivity contribution in [3.63, 3.8) is 0 Å². The van der Waals surface area contributed by atoms with Gasteiger partial charge in [-0.05, 0) is 31.2 Å². The fourth-order valence-corrected chi connectivity index (χ4v) is 3.64. The molecule has 25 heavy (non-hydrogen) atoms. The fourth-order valence-electron chi connectivity index (χ4n) is 3.64. The molecule has 0 radical (unpaired) electrons. The van der Waals surface area contributed by atoms with Crippen LogP contribution in [0.3, 0.4) is 0 Å². The molecule has 1 aliphatic rings. The average molecular weight is 344 g/mol. The van der Waals surface area contributed by atoms with E-state index in [-0.39, 0.29) is 23.9 Å². The van der Waals surface area contributed by atoms with Gasteiger partial charge in [0.15, 0.2) is 0 Å². The zero-order valence-corrected chi connectivity index (χ0v) is 15.7. The highest BCUT2D eigenvalue weighted by Crippen LogP contribution is 2.18. The highest BCUT2D eigenvalue weighted by molar-refractivity contribution is 5.87. The van der Waals surface area contributed by atoms with Crippen molar-refractivity contribution in [1.29, 1.82) is 0 Å². The molecule has 0 spiro atoms. The molecule has 1 aromatic rings. The average Bonchev–Trinajstić information content (AvgIpc) is 2.66. The Morgan fingerprint density at radius 3 is 2.40 bits per heavy atom. The molecule has 0 bridgehead atoms. The van der Waals surface area contributed by atoms with Gasteiger partial charge < -0.3 is 10.2 Å². The maximum Gasteiger partial charge on any atom is 0.243 e. The predicted octanol–water partition coefficient (Wildman–Crippen LogP) is 3.70. The Kier molecular flexibility index (Phi) is 7.96. The molecule has 1 N–H and O–H groups in total. The van der Waals surface area contributed by atoms with Crippen molar-refractivity contribution in [3.05, 3.63) is 35.9 Å². The second kappa shape index (κ2) is 10.2. The number of carbonyl (C=O) groups excluding carboxylic acids is 2. The lowest BCUT2D eigenvalue weighted by atomic mass is 9.95. The smallest absolute Gasteiger partial charge is 0.243 e. The van der Waals surface area contributed by atoms with E-state index in [9.17, 15) is 9.59 Å². The van der Waals surface area contributed by atoms with Crippen LogP contribution in [-0.4, -0.2) is 35.3 Å². The summed E-state index contributed by atoms with van der Waals surface area (Å²) < 4.78 is 0. The van der Waals surface area contributed by atoms with Crippen molar-refractivity contribution in [2.75, 3.05) is 6.54 Å². The van der Waals surface area contributed by atoms with Gasteiger partial charge in [0.05, 0.1) is 0 Å². The van der Waals surface area contributed by atoms with Gasteiger partial charge in [-0.25, -0.2) is 0 Å². The minimum absolute atomic E-state index is 0.0178.